The van der Waals surface area contributed by atoms with Gasteiger partial charge in [-0.25, -0.2) is 0 Å². The minimum atomic E-state index is -1.77. The lowest BCUT2D eigenvalue weighted by molar-refractivity contribution is -0.135. The van der Waals surface area contributed by atoms with Crippen molar-refractivity contribution in [2.45, 2.75) is 90.5 Å². The van der Waals surface area contributed by atoms with Crippen molar-refractivity contribution < 1.29 is 47.7 Å². The Labute approximate surface area is 327 Å². The first-order chi connectivity index (χ1) is 26.2. The maximum Gasteiger partial charge on any atom is 0.243 e. The molecule has 0 aliphatic heterocycles. The number of amides is 8. The summed E-state index contributed by atoms with van der Waals surface area (Å²) in [6.07, 6.45) is 0.199. The normalized spacial score (nSPS) is 14.0. The molecule has 6 atom stereocenters. The van der Waals surface area contributed by atoms with Crippen molar-refractivity contribution in [3.05, 3.63) is 29.8 Å². The summed E-state index contributed by atoms with van der Waals surface area (Å²) in [5, 5.41) is 26.9. The van der Waals surface area contributed by atoms with E-state index < -0.39 is 101 Å². The Morgan fingerprint density at radius 1 is 0.732 bits per heavy atom. The van der Waals surface area contributed by atoms with Crippen LogP contribution >= 0.6 is 0 Å². The standard InChI is InChI=1S/C34H55N11O10S/c1-18(2)13-25(32(53)45-27(29(35)50)16-56(55)17-40-21(5)47)44-30(51)19(3)41-31(52)24(7-6-12-38-34(36)37)43-33(54)26(42-28(49)15-39-20(4)46)14-22-8-10-23(48)11-9-22/h8-11,18-19,24-27,48H,6-7,12-17H2,1-5H3,(H2,35,50)(H,39,46)(H,40,47)(H,41,52)(H,42,49)(H,43,54)(H,44,51)(H,45,53)(H4,36,37,38)/t19-,24-,25-,26-,27-,56?/m0/s1. The van der Waals surface area contributed by atoms with Crippen LogP contribution in [0.5, 0.6) is 5.75 Å². The SMILES string of the molecule is CC(=O)NCC(=O)N[C@@H](Cc1ccc(O)cc1)C(=O)N[C@@H](CCCN=C(N)N)C(=O)N[C@@H](C)C(=O)N[C@@H](CC(C)C)C(=O)N[C@@H](CS(=O)CNC(C)=O)C(N)=O. The van der Waals surface area contributed by atoms with Gasteiger partial charge in [0.1, 0.15) is 36.0 Å². The van der Waals surface area contributed by atoms with E-state index in [4.69, 9.17) is 17.2 Å². The highest BCUT2D eigenvalue weighted by atomic mass is 32.2. The summed E-state index contributed by atoms with van der Waals surface area (Å²) in [7, 11) is -1.77. The van der Waals surface area contributed by atoms with Gasteiger partial charge in [0.05, 0.1) is 18.2 Å². The Morgan fingerprint density at radius 2 is 1.29 bits per heavy atom. The van der Waals surface area contributed by atoms with E-state index in [9.17, 15) is 47.7 Å². The zero-order valence-electron chi connectivity index (χ0n) is 32.1. The van der Waals surface area contributed by atoms with E-state index in [0.29, 0.717) is 5.56 Å². The molecule has 1 aromatic carbocycles. The number of primary amides is 1. The molecule has 14 N–H and O–H groups in total. The second kappa shape index (κ2) is 24.6. The van der Waals surface area contributed by atoms with Crippen LogP contribution in [0.25, 0.3) is 0 Å². The van der Waals surface area contributed by atoms with E-state index in [1.807, 2.05) is 0 Å². The predicted octanol–water partition coefficient (Wildman–Crippen LogP) is -4.06. The third kappa shape index (κ3) is 20.0. The quantitative estimate of drug-likeness (QED) is 0.0270. The number of phenols is 1. The zero-order chi connectivity index (χ0) is 42.5. The molecule has 0 aromatic heterocycles. The summed E-state index contributed by atoms with van der Waals surface area (Å²) in [4.78, 5) is 105. The number of nitrogens with one attached hydrogen (secondary N) is 7. The van der Waals surface area contributed by atoms with Crippen molar-refractivity contribution in [1.82, 2.24) is 37.2 Å². The van der Waals surface area contributed by atoms with Crippen LogP contribution in [-0.4, -0.2) is 117 Å². The van der Waals surface area contributed by atoms with Crippen molar-refractivity contribution >= 4 is 64.0 Å². The van der Waals surface area contributed by atoms with Crippen molar-refractivity contribution in [3.63, 3.8) is 0 Å². The highest BCUT2D eigenvalue weighted by Crippen LogP contribution is 2.12. The molecule has 0 spiro atoms. The number of aromatic hydroxyl groups is 1. The fraction of sp³-hybridized carbons (Fsp3) is 0.559. The highest BCUT2D eigenvalue weighted by molar-refractivity contribution is 7.85. The van der Waals surface area contributed by atoms with E-state index >= 15 is 0 Å². The van der Waals surface area contributed by atoms with Crippen LogP contribution in [0.2, 0.25) is 0 Å². The molecule has 1 rings (SSSR count). The van der Waals surface area contributed by atoms with Gasteiger partial charge < -0.3 is 59.5 Å². The van der Waals surface area contributed by atoms with Gasteiger partial charge in [-0.3, -0.25) is 47.6 Å². The minimum Gasteiger partial charge on any atom is -0.508 e. The smallest absolute Gasteiger partial charge is 0.243 e. The number of carbonyl (C=O) groups is 8. The Bertz CT molecular complexity index is 1600. The van der Waals surface area contributed by atoms with Gasteiger partial charge in [0, 0.05) is 37.6 Å². The molecular weight excluding hydrogens is 755 g/mol. The molecule has 21 nitrogen and oxygen atoms in total. The van der Waals surface area contributed by atoms with E-state index in [-0.39, 0.29) is 55.7 Å². The van der Waals surface area contributed by atoms with Gasteiger partial charge in [0.15, 0.2) is 5.96 Å². The molecule has 0 fully saturated rings. The summed E-state index contributed by atoms with van der Waals surface area (Å²) >= 11 is 0. The topological polar surface area (TPSA) is 348 Å². The highest BCUT2D eigenvalue weighted by Gasteiger charge is 2.31. The number of hydrogen-bond donors (Lipinski definition) is 11. The Kier molecular flexibility index (Phi) is 21.2. The molecule has 22 heteroatoms. The number of rotatable bonds is 24. The van der Waals surface area contributed by atoms with Gasteiger partial charge in [-0.1, -0.05) is 26.0 Å². The molecule has 56 heavy (non-hydrogen) atoms. The molecule has 1 unspecified atom stereocenters. The van der Waals surface area contributed by atoms with Gasteiger partial charge in [0.25, 0.3) is 0 Å². The van der Waals surface area contributed by atoms with Crippen LogP contribution in [-0.2, 0) is 55.6 Å². The maximum atomic E-state index is 13.7. The number of nitrogens with two attached hydrogens (primary N) is 3. The van der Waals surface area contributed by atoms with Crippen LogP contribution in [0.3, 0.4) is 0 Å². The largest absolute Gasteiger partial charge is 0.508 e. The van der Waals surface area contributed by atoms with Crippen LogP contribution < -0.4 is 54.4 Å². The first-order valence-corrected chi connectivity index (χ1v) is 19.1. The van der Waals surface area contributed by atoms with Crippen molar-refractivity contribution in [1.29, 1.82) is 0 Å². The van der Waals surface area contributed by atoms with Crippen molar-refractivity contribution in [3.8, 4) is 5.75 Å². The van der Waals surface area contributed by atoms with Gasteiger partial charge in [0.2, 0.25) is 47.3 Å². The number of aliphatic imine (C=N–C) groups is 1. The molecule has 8 amide bonds. The molecule has 0 heterocycles. The molecule has 0 bridgehead atoms. The lowest BCUT2D eigenvalue weighted by Crippen LogP contribution is -2.59. The second-order valence-electron chi connectivity index (χ2n) is 13.3. The van der Waals surface area contributed by atoms with E-state index in [1.165, 1.54) is 45.0 Å². The van der Waals surface area contributed by atoms with Crippen LogP contribution in [0.15, 0.2) is 29.3 Å². The maximum absolute atomic E-state index is 13.7. The Balaban J connectivity index is 3.20. The molecule has 1 aromatic rings. The summed E-state index contributed by atoms with van der Waals surface area (Å²) in [6, 6.07) is -0.579. The lowest BCUT2D eigenvalue weighted by atomic mass is 10.0. The second-order valence-corrected chi connectivity index (χ2v) is 14.8. The Hall–Kier alpha value is -5.80. The molecule has 0 radical (unpaired) electrons. The van der Waals surface area contributed by atoms with Crippen molar-refractivity contribution in [2.24, 2.45) is 28.1 Å². The molecule has 0 aliphatic carbocycles. The molecule has 0 aliphatic rings. The fourth-order valence-electron chi connectivity index (χ4n) is 4.85. The monoisotopic (exact) mass is 809 g/mol. The Morgan fingerprint density at radius 3 is 1.84 bits per heavy atom. The number of nitrogens with zero attached hydrogens (tertiary/aromatic N) is 1. The van der Waals surface area contributed by atoms with Crippen LogP contribution in [0, 0.1) is 5.92 Å². The average Bonchev–Trinajstić information content (AvgIpc) is 3.10. The van der Waals surface area contributed by atoms with Gasteiger partial charge in [-0.15, -0.1) is 0 Å². The van der Waals surface area contributed by atoms with Gasteiger partial charge in [-0.05, 0) is 49.8 Å². The third-order valence-corrected chi connectivity index (χ3v) is 8.86. The zero-order valence-corrected chi connectivity index (χ0v) is 33.0. The number of phenolic OH excluding ortho intramolecular Hbond substituents is 1. The number of benzene rings is 1. The summed E-state index contributed by atoms with van der Waals surface area (Å²) in [5.74, 6) is -6.86. The molecular formula is C34H55N11O10S. The molecule has 0 saturated carbocycles. The first kappa shape index (κ1) is 48.2. The third-order valence-electron chi connectivity index (χ3n) is 7.69. The first-order valence-electron chi connectivity index (χ1n) is 17.7. The fourth-order valence-corrected chi connectivity index (χ4v) is 5.95. The van der Waals surface area contributed by atoms with Crippen LogP contribution in [0.4, 0.5) is 0 Å². The lowest BCUT2D eigenvalue weighted by Gasteiger charge is -2.26. The molecule has 312 valence electrons. The number of carbonyl (C=O) groups excluding carboxylic acids is 8. The van der Waals surface area contributed by atoms with Crippen molar-refractivity contribution in [2.75, 3.05) is 24.7 Å². The summed E-state index contributed by atoms with van der Waals surface area (Å²) < 4.78 is 12.4. The van der Waals surface area contributed by atoms with Gasteiger partial charge >= 0.3 is 0 Å². The van der Waals surface area contributed by atoms with Crippen LogP contribution in [0.1, 0.15) is 59.4 Å². The van der Waals surface area contributed by atoms with E-state index in [1.54, 1.807) is 13.8 Å². The summed E-state index contributed by atoms with van der Waals surface area (Å²) in [5.41, 5.74) is 16.8. The summed E-state index contributed by atoms with van der Waals surface area (Å²) in [6.45, 7) is 6.97. The molecule has 0 saturated heterocycles. The van der Waals surface area contributed by atoms with E-state index in [2.05, 4.69) is 42.2 Å². The van der Waals surface area contributed by atoms with E-state index in [0.717, 1.165) is 0 Å². The predicted molar refractivity (Wildman–Crippen MR) is 206 cm³/mol. The van der Waals surface area contributed by atoms with Gasteiger partial charge in [-0.2, -0.15) is 0 Å². The average molecular weight is 810 g/mol. The number of guanidine groups is 1. The minimum absolute atomic E-state index is 0.0232. The number of hydrogen-bond acceptors (Lipinski definition) is 11.